The van der Waals surface area contributed by atoms with Gasteiger partial charge in [0, 0.05) is 23.5 Å². The number of ether oxygens (including phenoxy) is 1. The summed E-state index contributed by atoms with van der Waals surface area (Å²) in [5.41, 5.74) is 8.17. The van der Waals surface area contributed by atoms with Gasteiger partial charge in [-0.15, -0.1) is 0 Å². The molecule has 4 atom stereocenters. The van der Waals surface area contributed by atoms with Gasteiger partial charge in [-0.2, -0.15) is 0 Å². The Morgan fingerprint density at radius 2 is 0.879 bits per heavy atom. The molecule has 0 aliphatic carbocycles. The van der Waals surface area contributed by atoms with Gasteiger partial charge in [0.25, 0.3) is 0 Å². The fourth-order valence-electron chi connectivity index (χ4n) is 4.86. The molecule has 4 unspecified atom stereocenters. The molecule has 2 aromatic carbocycles. The van der Waals surface area contributed by atoms with Crippen LogP contribution in [0.25, 0.3) is 0 Å². The first-order valence-electron chi connectivity index (χ1n) is 13.3. The van der Waals surface area contributed by atoms with Crippen molar-refractivity contribution < 1.29 is 4.74 Å². The third-order valence-electron chi connectivity index (χ3n) is 7.01. The summed E-state index contributed by atoms with van der Waals surface area (Å²) in [6, 6.07) is 13.8. The normalized spacial score (nSPS) is 15.0. The summed E-state index contributed by atoms with van der Waals surface area (Å²) in [5, 5.41) is 7.68. The Kier molecular flexibility index (Phi) is 11.3. The Bertz CT molecular complexity index is 733. The summed E-state index contributed by atoms with van der Waals surface area (Å²) in [5.74, 6) is 0. The van der Waals surface area contributed by atoms with E-state index >= 15 is 0 Å². The maximum absolute atomic E-state index is 6.79. The van der Waals surface area contributed by atoms with Gasteiger partial charge in [0.15, 0.2) is 0 Å². The lowest BCUT2D eigenvalue weighted by atomic mass is 10.00. The first-order valence-corrected chi connectivity index (χ1v) is 13.3. The summed E-state index contributed by atoms with van der Waals surface area (Å²) < 4.78 is 6.79. The molecular weight excluding hydrogens is 404 g/mol. The molecule has 0 heterocycles. The molecule has 0 saturated heterocycles. The minimum absolute atomic E-state index is 0.154. The molecule has 33 heavy (non-hydrogen) atoms. The Morgan fingerprint density at radius 1 is 0.576 bits per heavy atom. The van der Waals surface area contributed by atoms with Gasteiger partial charge < -0.3 is 15.4 Å². The van der Waals surface area contributed by atoms with Gasteiger partial charge in [-0.3, -0.25) is 0 Å². The van der Waals surface area contributed by atoms with Gasteiger partial charge in [-0.05, 0) is 74.6 Å². The number of para-hydroxylation sites is 2. The summed E-state index contributed by atoms with van der Waals surface area (Å²) >= 11 is 0. The number of hydrogen-bond donors (Lipinski definition) is 2. The first kappa shape index (κ1) is 27.2. The van der Waals surface area contributed by atoms with E-state index in [4.69, 9.17) is 4.74 Å². The van der Waals surface area contributed by atoms with Crippen LogP contribution >= 0.6 is 0 Å². The zero-order valence-electron chi connectivity index (χ0n) is 22.4. The van der Waals surface area contributed by atoms with Crippen molar-refractivity contribution in [2.24, 2.45) is 0 Å². The van der Waals surface area contributed by atoms with Gasteiger partial charge in [-0.25, -0.2) is 0 Å². The summed E-state index contributed by atoms with van der Waals surface area (Å²) in [6.07, 6.45) is 6.43. The quantitative estimate of drug-likeness (QED) is 0.307. The third-order valence-corrected chi connectivity index (χ3v) is 7.01. The van der Waals surface area contributed by atoms with E-state index in [1.54, 1.807) is 0 Å². The van der Waals surface area contributed by atoms with Crippen LogP contribution in [0.5, 0.6) is 0 Å². The Balaban J connectivity index is 2.16. The molecule has 0 bridgehead atoms. The number of rotatable bonds is 14. The van der Waals surface area contributed by atoms with Crippen LogP contribution in [0.2, 0.25) is 0 Å². The molecule has 0 aliphatic heterocycles. The molecule has 0 radical (unpaired) electrons. The summed E-state index contributed by atoms with van der Waals surface area (Å²) in [4.78, 5) is 0. The molecular formula is C30H48N2O. The zero-order valence-corrected chi connectivity index (χ0v) is 22.4. The Morgan fingerprint density at radius 3 is 1.12 bits per heavy atom. The van der Waals surface area contributed by atoms with Crippen molar-refractivity contribution in [3.63, 3.8) is 0 Å². The van der Waals surface area contributed by atoms with E-state index in [-0.39, 0.29) is 24.3 Å². The molecule has 2 aromatic rings. The Labute approximate surface area is 203 Å². The zero-order chi connectivity index (χ0) is 24.4. The molecule has 2 rings (SSSR count). The van der Waals surface area contributed by atoms with Crippen molar-refractivity contribution in [1.29, 1.82) is 0 Å². The molecule has 0 fully saturated rings. The van der Waals surface area contributed by atoms with E-state index < -0.39 is 0 Å². The fraction of sp³-hybridized carbons (Fsp3) is 0.600. The van der Waals surface area contributed by atoms with Crippen LogP contribution < -0.4 is 10.6 Å². The monoisotopic (exact) mass is 452 g/mol. The molecule has 3 heteroatoms. The molecule has 0 aromatic heterocycles. The van der Waals surface area contributed by atoms with E-state index in [2.05, 4.69) is 102 Å². The van der Waals surface area contributed by atoms with Crippen LogP contribution in [-0.4, -0.2) is 24.3 Å². The minimum atomic E-state index is 0.154. The molecule has 3 nitrogen and oxygen atoms in total. The second-order valence-corrected chi connectivity index (χ2v) is 9.21. The first-order chi connectivity index (χ1) is 15.9. The largest absolute Gasteiger partial charge is 0.380 e. The standard InChI is InChI=1S/C30H48N2O/c1-9-23-17-15-18-24(10-2)29(23)31-21(7)27(13-5)33-28(14-6)22(8)32-30-25(11-3)19-16-20-26(30)12-4/h15-22,27-28,31-32H,9-14H2,1-8H3. The van der Waals surface area contributed by atoms with E-state index in [1.165, 1.54) is 33.6 Å². The molecule has 2 N–H and O–H groups in total. The predicted molar refractivity (Wildman–Crippen MR) is 146 cm³/mol. The highest BCUT2D eigenvalue weighted by Crippen LogP contribution is 2.27. The van der Waals surface area contributed by atoms with Crippen LogP contribution in [0.4, 0.5) is 11.4 Å². The van der Waals surface area contributed by atoms with Crippen molar-refractivity contribution >= 4 is 11.4 Å². The van der Waals surface area contributed by atoms with E-state index in [1.807, 2.05) is 0 Å². The molecule has 0 saturated carbocycles. The lowest BCUT2D eigenvalue weighted by Crippen LogP contribution is -2.41. The van der Waals surface area contributed by atoms with E-state index in [0.29, 0.717) is 0 Å². The van der Waals surface area contributed by atoms with Gasteiger partial charge in [0.05, 0.1) is 12.2 Å². The number of nitrogens with one attached hydrogen (secondary N) is 2. The second kappa shape index (κ2) is 13.6. The smallest absolute Gasteiger partial charge is 0.0775 e. The average molecular weight is 453 g/mol. The molecule has 0 amide bonds. The van der Waals surface area contributed by atoms with Crippen molar-refractivity contribution in [3.05, 3.63) is 58.7 Å². The van der Waals surface area contributed by atoms with Crippen LogP contribution in [0, 0.1) is 0 Å². The number of benzene rings is 2. The van der Waals surface area contributed by atoms with Crippen molar-refractivity contribution in [1.82, 2.24) is 0 Å². The van der Waals surface area contributed by atoms with Crippen LogP contribution in [0.15, 0.2) is 36.4 Å². The van der Waals surface area contributed by atoms with Crippen LogP contribution in [-0.2, 0) is 30.4 Å². The SMILES string of the molecule is CCc1cccc(CC)c1NC(C)C(CC)OC(CC)C(C)Nc1c(CC)cccc1CC. The van der Waals surface area contributed by atoms with Gasteiger partial charge >= 0.3 is 0 Å². The second-order valence-electron chi connectivity index (χ2n) is 9.21. The minimum Gasteiger partial charge on any atom is -0.380 e. The summed E-state index contributed by atoms with van der Waals surface area (Å²) in [6.45, 7) is 18.0. The number of anilines is 2. The highest BCUT2D eigenvalue weighted by Gasteiger charge is 2.25. The maximum Gasteiger partial charge on any atom is 0.0775 e. The van der Waals surface area contributed by atoms with Gasteiger partial charge in [0.1, 0.15) is 0 Å². The number of hydrogen-bond acceptors (Lipinski definition) is 3. The Hall–Kier alpha value is -2.00. The van der Waals surface area contributed by atoms with Crippen molar-refractivity contribution in [3.8, 4) is 0 Å². The third kappa shape index (κ3) is 6.99. The van der Waals surface area contributed by atoms with Gasteiger partial charge in [-0.1, -0.05) is 77.9 Å². The van der Waals surface area contributed by atoms with Crippen LogP contribution in [0.1, 0.15) is 90.5 Å². The average Bonchev–Trinajstić information content (AvgIpc) is 2.84. The molecule has 184 valence electrons. The van der Waals surface area contributed by atoms with E-state index in [0.717, 1.165) is 38.5 Å². The van der Waals surface area contributed by atoms with Crippen molar-refractivity contribution in [2.75, 3.05) is 10.6 Å². The summed E-state index contributed by atoms with van der Waals surface area (Å²) in [7, 11) is 0. The van der Waals surface area contributed by atoms with Crippen LogP contribution in [0.3, 0.4) is 0 Å². The van der Waals surface area contributed by atoms with Gasteiger partial charge in [0.2, 0.25) is 0 Å². The topological polar surface area (TPSA) is 33.3 Å². The number of aryl methyl sites for hydroxylation is 4. The predicted octanol–water partition coefficient (Wildman–Crippen LogP) is 7.81. The highest BCUT2D eigenvalue weighted by atomic mass is 16.5. The lowest BCUT2D eigenvalue weighted by Gasteiger charge is -2.34. The molecule has 0 aliphatic rings. The lowest BCUT2D eigenvalue weighted by molar-refractivity contribution is -0.0289. The highest BCUT2D eigenvalue weighted by molar-refractivity contribution is 5.59. The maximum atomic E-state index is 6.79. The van der Waals surface area contributed by atoms with Crippen molar-refractivity contribution in [2.45, 2.75) is 118 Å². The van der Waals surface area contributed by atoms with E-state index in [9.17, 15) is 0 Å². The molecule has 0 spiro atoms. The fourth-order valence-corrected chi connectivity index (χ4v) is 4.86.